The van der Waals surface area contributed by atoms with Gasteiger partial charge in [-0.25, -0.2) is 4.79 Å². The minimum Gasteiger partial charge on any atom is -0.335 e. The predicted octanol–water partition coefficient (Wildman–Crippen LogP) is 3.36. The lowest BCUT2D eigenvalue weighted by Gasteiger charge is -2.47. The average molecular weight is 422 g/mol. The van der Waals surface area contributed by atoms with E-state index in [1.807, 2.05) is 17.2 Å². The summed E-state index contributed by atoms with van der Waals surface area (Å²) in [5.41, 5.74) is 9.84. The molecule has 0 bridgehead atoms. The molecule has 3 fully saturated rings. The highest BCUT2D eigenvalue weighted by molar-refractivity contribution is 5.85. The molecule has 5 rings (SSSR count). The smallest absolute Gasteiger partial charge is 0.317 e. The Balaban J connectivity index is 1.29. The van der Waals surface area contributed by atoms with Gasteiger partial charge in [-0.15, -0.1) is 0 Å². The van der Waals surface area contributed by atoms with Gasteiger partial charge < -0.3 is 21.3 Å². The van der Waals surface area contributed by atoms with Crippen LogP contribution in [0.1, 0.15) is 56.1 Å². The molecule has 1 aromatic carbocycles. The first-order valence-electron chi connectivity index (χ1n) is 11.9. The van der Waals surface area contributed by atoms with E-state index in [0.29, 0.717) is 29.8 Å². The van der Waals surface area contributed by atoms with Gasteiger partial charge in [-0.2, -0.15) is 0 Å². The Morgan fingerprint density at radius 3 is 2.77 bits per heavy atom. The highest BCUT2D eigenvalue weighted by atomic mass is 16.2. The van der Waals surface area contributed by atoms with E-state index in [4.69, 9.17) is 5.73 Å². The van der Waals surface area contributed by atoms with Gasteiger partial charge in [0, 0.05) is 56.3 Å². The first-order chi connectivity index (χ1) is 15.1. The third-order valence-electron chi connectivity index (χ3n) is 7.87. The molecule has 166 valence electrons. The number of hydrogen-bond donors (Lipinski definition) is 3. The van der Waals surface area contributed by atoms with E-state index in [0.717, 1.165) is 56.5 Å². The number of nitrogens with one attached hydrogen (secondary N) is 2. The quantitative estimate of drug-likeness (QED) is 0.710. The SMILES string of the molecule is C[C@@H]1C[C@H](c2ccc(CN)c3ncccc23)CN(C(=O)NC2CCC3(CC2)CNC3)C1. The number of nitrogens with two attached hydrogens (primary N) is 1. The second-order valence-corrected chi connectivity index (χ2v) is 10.2. The number of carbonyl (C=O) groups is 1. The maximum atomic E-state index is 13.2. The van der Waals surface area contributed by atoms with Crippen LogP contribution in [-0.4, -0.2) is 48.1 Å². The molecular weight excluding hydrogens is 386 g/mol. The van der Waals surface area contributed by atoms with E-state index in [2.05, 4.69) is 40.7 Å². The summed E-state index contributed by atoms with van der Waals surface area (Å²) in [5.74, 6) is 0.796. The van der Waals surface area contributed by atoms with Gasteiger partial charge in [-0.3, -0.25) is 4.98 Å². The normalized spacial score (nSPS) is 26.1. The number of amides is 2. The Kier molecular flexibility index (Phi) is 5.61. The summed E-state index contributed by atoms with van der Waals surface area (Å²) in [6.07, 6.45) is 7.61. The van der Waals surface area contributed by atoms with Crippen LogP contribution in [0.25, 0.3) is 10.9 Å². The van der Waals surface area contributed by atoms with Gasteiger partial charge in [0.15, 0.2) is 0 Å². The van der Waals surface area contributed by atoms with Crippen molar-refractivity contribution in [1.82, 2.24) is 20.5 Å². The molecule has 1 aliphatic carbocycles. The number of rotatable bonds is 3. The fourth-order valence-electron chi connectivity index (χ4n) is 5.99. The number of nitrogens with zero attached hydrogens (tertiary/aromatic N) is 2. The van der Waals surface area contributed by atoms with Crippen molar-refractivity contribution in [2.45, 2.75) is 57.5 Å². The van der Waals surface area contributed by atoms with Gasteiger partial charge >= 0.3 is 6.03 Å². The maximum Gasteiger partial charge on any atom is 0.317 e. The van der Waals surface area contributed by atoms with Crippen LogP contribution >= 0.6 is 0 Å². The molecule has 2 saturated heterocycles. The van der Waals surface area contributed by atoms with Crippen LogP contribution in [0.4, 0.5) is 4.79 Å². The zero-order valence-electron chi connectivity index (χ0n) is 18.6. The number of pyridine rings is 1. The summed E-state index contributed by atoms with van der Waals surface area (Å²) in [4.78, 5) is 19.8. The van der Waals surface area contributed by atoms with Crippen LogP contribution in [0, 0.1) is 11.3 Å². The highest BCUT2D eigenvalue weighted by Gasteiger charge is 2.40. The molecular formula is C25H35N5O. The summed E-state index contributed by atoms with van der Waals surface area (Å²) in [7, 11) is 0. The molecule has 6 nitrogen and oxygen atoms in total. The van der Waals surface area contributed by atoms with Crippen molar-refractivity contribution in [2.75, 3.05) is 26.2 Å². The predicted molar refractivity (Wildman–Crippen MR) is 124 cm³/mol. The maximum absolute atomic E-state index is 13.2. The minimum atomic E-state index is 0.116. The standard InChI is InChI=1S/C25H35N5O/c1-17-11-19(21-5-4-18(12-26)23-22(21)3-2-10-28-23)14-30(13-17)24(31)29-20-6-8-25(9-7-20)15-27-16-25/h2-5,10,17,19-20,27H,6-9,11-16,26H2,1H3,(H,29,31)/t17-,19+/m1/s1. The molecule has 1 saturated carbocycles. The number of benzene rings is 1. The third kappa shape index (κ3) is 4.03. The lowest BCUT2D eigenvalue weighted by atomic mass is 9.68. The van der Waals surface area contributed by atoms with E-state index in [1.54, 1.807) is 0 Å². The van der Waals surface area contributed by atoms with E-state index in [-0.39, 0.29) is 6.03 Å². The van der Waals surface area contributed by atoms with E-state index in [9.17, 15) is 4.79 Å². The van der Waals surface area contributed by atoms with Crippen LogP contribution in [0.15, 0.2) is 30.5 Å². The molecule has 0 radical (unpaired) electrons. The number of aromatic nitrogens is 1. The largest absolute Gasteiger partial charge is 0.335 e. The van der Waals surface area contributed by atoms with Gasteiger partial charge in [0.2, 0.25) is 0 Å². The van der Waals surface area contributed by atoms with Gasteiger partial charge in [0.1, 0.15) is 0 Å². The zero-order chi connectivity index (χ0) is 21.4. The second kappa shape index (κ2) is 8.40. The van der Waals surface area contributed by atoms with Crippen molar-refractivity contribution < 1.29 is 4.79 Å². The Morgan fingerprint density at radius 1 is 1.26 bits per heavy atom. The molecule has 1 aromatic heterocycles. The lowest BCUT2D eigenvalue weighted by molar-refractivity contribution is 0.0890. The van der Waals surface area contributed by atoms with Crippen LogP contribution in [0.2, 0.25) is 0 Å². The molecule has 1 spiro atoms. The molecule has 4 N–H and O–H groups in total. The Morgan fingerprint density at radius 2 is 2.06 bits per heavy atom. The topological polar surface area (TPSA) is 83.3 Å². The van der Waals surface area contributed by atoms with Crippen molar-refractivity contribution in [3.8, 4) is 0 Å². The molecule has 0 unspecified atom stereocenters. The van der Waals surface area contributed by atoms with E-state index >= 15 is 0 Å². The van der Waals surface area contributed by atoms with E-state index < -0.39 is 0 Å². The molecule has 31 heavy (non-hydrogen) atoms. The van der Waals surface area contributed by atoms with Crippen LogP contribution in [-0.2, 0) is 6.54 Å². The molecule has 2 aromatic rings. The monoisotopic (exact) mass is 421 g/mol. The minimum absolute atomic E-state index is 0.116. The van der Waals surface area contributed by atoms with Crippen molar-refractivity contribution in [3.63, 3.8) is 0 Å². The third-order valence-corrected chi connectivity index (χ3v) is 7.87. The Hall–Kier alpha value is -2.18. The molecule has 2 atom stereocenters. The number of hydrogen-bond acceptors (Lipinski definition) is 4. The van der Waals surface area contributed by atoms with Gasteiger partial charge in [0.25, 0.3) is 0 Å². The van der Waals surface area contributed by atoms with Crippen LogP contribution < -0.4 is 16.4 Å². The van der Waals surface area contributed by atoms with Gasteiger partial charge in [0.05, 0.1) is 5.52 Å². The van der Waals surface area contributed by atoms with Crippen molar-refractivity contribution in [3.05, 3.63) is 41.6 Å². The summed E-state index contributed by atoms with van der Waals surface area (Å²) < 4.78 is 0. The molecule has 2 amide bonds. The highest BCUT2D eigenvalue weighted by Crippen LogP contribution is 2.39. The van der Waals surface area contributed by atoms with Crippen LogP contribution in [0.5, 0.6) is 0 Å². The zero-order valence-corrected chi connectivity index (χ0v) is 18.6. The first-order valence-corrected chi connectivity index (χ1v) is 11.9. The lowest BCUT2D eigenvalue weighted by Crippen LogP contribution is -2.57. The molecule has 3 aliphatic rings. The van der Waals surface area contributed by atoms with Gasteiger partial charge in [-0.1, -0.05) is 25.1 Å². The summed E-state index contributed by atoms with van der Waals surface area (Å²) in [6, 6.07) is 8.90. The van der Waals surface area contributed by atoms with Crippen LogP contribution in [0.3, 0.4) is 0 Å². The summed E-state index contributed by atoms with van der Waals surface area (Å²) in [5, 5.41) is 7.95. The number of piperidine rings is 1. The Labute approximate surface area is 185 Å². The molecule has 2 aliphatic heterocycles. The van der Waals surface area contributed by atoms with E-state index in [1.165, 1.54) is 23.8 Å². The summed E-state index contributed by atoms with van der Waals surface area (Å²) >= 11 is 0. The fourth-order valence-corrected chi connectivity index (χ4v) is 5.99. The molecule has 6 heteroatoms. The van der Waals surface area contributed by atoms with Crippen molar-refractivity contribution in [1.29, 1.82) is 0 Å². The van der Waals surface area contributed by atoms with Gasteiger partial charge in [-0.05, 0) is 60.6 Å². The average Bonchev–Trinajstić information content (AvgIpc) is 2.77. The molecule has 3 heterocycles. The number of likely N-dealkylation sites (tertiary alicyclic amines) is 1. The first kappa shape index (κ1) is 20.7. The van der Waals surface area contributed by atoms with Crippen molar-refractivity contribution in [2.24, 2.45) is 17.1 Å². The fraction of sp³-hybridized carbons (Fsp3) is 0.600. The number of carbonyl (C=O) groups excluding carboxylic acids is 1. The Bertz CT molecular complexity index is 946. The number of fused-ring (bicyclic) bond motifs is 1. The summed E-state index contributed by atoms with van der Waals surface area (Å²) in [6.45, 7) is 6.66. The second-order valence-electron chi connectivity index (χ2n) is 10.2. The number of urea groups is 1. The van der Waals surface area contributed by atoms with Crippen molar-refractivity contribution >= 4 is 16.9 Å².